The number of nitrogens with one attached hydrogen (secondary N) is 1. The Morgan fingerprint density at radius 3 is 2.80 bits per heavy atom. The smallest absolute Gasteiger partial charge is 0.142 e. The lowest BCUT2D eigenvalue weighted by Gasteiger charge is -2.17. The van der Waals surface area contributed by atoms with Crippen molar-refractivity contribution in [2.75, 3.05) is 0 Å². The van der Waals surface area contributed by atoms with Crippen LogP contribution >= 0.6 is 11.6 Å². The maximum Gasteiger partial charge on any atom is 0.142 e. The minimum atomic E-state index is -0.417. The second-order valence-corrected chi connectivity index (χ2v) is 5.11. The molecule has 3 N–H and O–H groups in total. The molecule has 4 nitrogen and oxygen atoms in total. The number of benzene rings is 1. The lowest BCUT2D eigenvalue weighted by atomic mass is 10.0. The zero-order chi connectivity index (χ0) is 14.7. The van der Waals surface area contributed by atoms with Crippen molar-refractivity contribution >= 4 is 11.6 Å². The topological polar surface area (TPSA) is 55.9 Å². The predicted octanol–water partition coefficient (Wildman–Crippen LogP) is 2.75. The summed E-state index contributed by atoms with van der Waals surface area (Å²) in [5, 5.41) is 4.52. The van der Waals surface area contributed by atoms with Gasteiger partial charge in [0.05, 0.1) is 22.5 Å². The van der Waals surface area contributed by atoms with Gasteiger partial charge in [-0.05, 0) is 44.0 Å². The molecule has 0 saturated heterocycles. The van der Waals surface area contributed by atoms with Crippen LogP contribution in [0.1, 0.15) is 29.9 Å². The number of nitrogens with zero attached hydrogens (tertiary/aromatic N) is 2. The molecule has 1 heterocycles. The summed E-state index contributed by atoms with van der Waals surface area (Å²) in [4.78, 5) is 0. The molecule has 0 radical (unpaired) electrons. The Balaban J connectivity index is 2.26. The first-order chi connectivity index (χ1) is 9.55. The highest BCUT2D eigenvalue weighted by molar-refractivity contribution is 6.30. The molecule has 1 unspecified atom stereocenters. The quantitative estimate of drug-likeness (QED) is 0.659. The van der Waals surface area contributed by atoms with E-state index < -0.39 is 5.82 Å². The third kappa shape index (κ3) is 3.17. The number of hydrogen-bond acceptors (Lipinski definition) is 3. The van der Waals surface area contributed by atoms with Crippen molar-refractivity contribution < 1.29 is 4.39 Å². The van der Waals surface area contributed by atoms with Gasteiger partial charge in [-0.15, -0.1) is 0 Å². The van der Waals surface area contributed by atoms with E-state index in [-0.39, 0.29) is 11.1 Å². The van der Waals surface area contributed by atoms with Gasteiger partial charge in [0.15, 0.2) is 0 Å². The first-order valence-electron chi connectivity index (χ1n) is 6.49. The molecule has 0 fully saturated rings. The van der Waals surface area contributed by atoms with Crippen molar-refractivity contribution in [2.45, 2.75) is 32.9 Å². The van der Waals surface area contributed by atoms with Gasteiger partial charge in [0, 0.05) is 6.54 Å². The Labute approximate surface area is 122 Å². The first kappa shape index (κ1) is 15.0. The monoisotopic (exact) mass is 296 g/mol. The van der Waals surface area contributed by atoms with Gasteiger partial charge in [-0.2, -0.15) is 5.10 Å². The van der Waals surface area contributed by atoms with Crippen molar-refractivity contribution in [3.8, 4) is 0 Å². The fourth-order valence-electron chi connectivity index (χ4n) is 2.25. The van der Waals surface area contributed by atoms with Crippen molar-refractivity contribution in [2.24, 2.45) is 5.84 Å². The highest BCUT2D eigenvalue weighted by Crippen LogP contribution is 2.22. The molecular weight excluding hydrogens is 279 g/mol. The normalized spacial score (nSPS) is 12.7. The average molecular weight is 297 g/mol. The SMILES string of the molecule is CCn1nc(C)cc1C(Cc1ccc(Cl)c(F)c1)NN. The van der Waals surface area contributed by atoms with Gasteiger partial charge in [-0.1, -0.05) is 17.7 Å². The van der Waals surface area contributed by atoms with Crippen molar-refractivity contribution in [3.63, 3.8) is 0 Å². The second kappa shape index (κ2) is 6.35. The molecule has 0 amide bonds. The first-order valence-corrected chi connectivity index (χ1v) is 6.87. The van der Waals surface area contributed by atoms with Gasteiger partial charge < -0.3 is 0 Å². The maximum absolute atomic E-state index is 13.5. The lowest BCUT2D eigenvalue weighted by Crippen LogP contribution is -2.31. The van der Waals surface area contributed by atoms with Crippen LogP contribution in [0, 0.1) is 12.7 Å². The van der Waals surface area contributed by atoms with E-state index in [0.29, 0.717) is 6.42 Å². The van der Waals surface area contributed by atoms with E-state index in [0.717, 1.165) is 23.5 Å². The second-order valence-electron chi connectivity index (χ2n) is 4.70. The van der Waals surface area contributed by atoms with Crippen LogP contribution in [0.3, 0.4) is 0 Å². The Bertz CT molecular complexity index is 597. The van der Waals surface area contributed by atoms with Crippen molar-refractivity contribution in [1.82, 2.24) is 15.2 Å². The van der Waals surface area contributed by atoms with Crippen molar-refractivity contribution in [3.05, 3.63) is 52.1 Å². The number of hydrogen-bond donors (Lipinski definition) is 2. The zero-order valence-corrected chi connectivity index (χ0v) is 12.3. The van der Waals surface area contributed by atoms with E-state index in [1.54, 1.807) is 12.1 Å². The summed E-state index contributed by atoms with van der Waals surface area (Å²) in [6.07, 6.45) is 0.565. The molecule has 6 heteroatoms. The van der Waals surface area contributed by atoms with Gasteiger partial charge >= 0.3 is 0 Å². The Kier molecular flexibility index (Phi) is 4.75. The highest BCUT2D eigenvalue weighted by atomic mass is 35.5. The summed E-state index contributed by atoms with van der Waals surface area (Å²) in [6, 6.07) is 6.65. The molecular formula is C14H18ClFN4. The minimum Gasteiger partial charge on any atom is -0.271 e. The third-order valence-corrected chi connectivity index (χ3v) is 3.52. The van der Waals surface area contributed by atoms with Crippen LogP contribution in [-0.2, 0) is 13.0 Å². The molecule has 0 saturated carbocycles. The molecule has 0 spiro atoms. The average Bonchev–Trinajstić information content (AvgIpc) is 2.81. The fourth-order valence-corrected chi connectivity index (χ4v) is 2.37. The summed E-state index contributed by atoms with van der Waals surface area (Å²) in [5.74, 6) is 5.23. The van der Waals surface area contributed by atoms with Crippen LogP contribution in [0.15, 0.2) is 24.3 Å². The number of hydrazine groups is 1. The van der Waals surface area contributed by atoms with Crippen LogP contribution in [0.2, 0.25) is 5.02 Å². The van der Waals surface area contributed by atoms with Crippen LogP contribution in [0.25, 0.3) is 0 Å². The summed E-state index contributed by atoms with van der Waals surface area (Å²) >= 11 is 5.69. The van der Waals surface area contributed by atoms with Gasteiger partial charge in [0.2, 0.25) is 0 Å². The van der Waals surface area contributed by atoms with Gasteiger partial charge in [0.25, 0.3) is 0 Å². The molecule has 1 atom stereocenters. The van der Waals surface area contributed by atoms with Gasteiger partial charge in [0.1, 0.15) is 5.82 Å². The number of aryl methyl sites for hydroxylation is 2. The molecule has 2 aromatic rings. The summed E-state index contributed by atoms with van der Waals surface area (Å²) < 4.78 is 15.4. The molecule has 0 aliphatic heterocycles. The van der Waals surface area contributed by atoms with E-state index in [4.69, 9.17) is 17.4 Å². The summed E-state index contributed by atoms with van der Waals surface area (Å²) in [6.45, 7) is 4.72. The van der Waals surface area contributed by atoms with Crippen LogP contribution < -0.4 is 11.3 Å². The van der Waals surface area contributed by atoms with E-state index in [9.17, 15) is 4.39 Å². The maximum atomic E-state index is 13.5. The molecule has 20 heavy (non-hydrogen) atoms. The molecule has 0 bridgehead atoms. The standard InChI is InChI=1S/C14H18ClFN4/c1-3-20-14(6-9(2)19-20)13(18-17)8-10-4-5-11(15)12(16)7-10/h4-7,13,18H,3,8,17H2,1-2H3. The third-order valence-electron chi connectivity index (χ3n) is 3.21. The Hall–Kier alpha value is -1.43. The van der Waals surface area contributed by atoms with Crippen LogP contribution in [0.4, 0.5) is 4.39 Å². The Morgan fingerprint density at radius 1 is 1.45 bits per heavy atom. The lowest BCUT2D eigenvalue weighted by molar-refractivity contribution is 0.489. The van der Waals surface area contributed by atoms with E-state index >= 15 is 0 Å². The van der Waals surface area contributed by atoms with Gasteiger partial charge in [-0.25, -0.2) is 4.39 Å². The number of nitrogens with two attached hydrogens (primary N) is 1. The molecule has 2 rings (SSSR count). The van der Waals surface area contributed by atoms with E-state index in [2.05, 4.69) is 10.5 Å². The highest BCUT2D eigenvalue weighted by Gasteiger charge is 2.17. The van der Waals surface area contributed by atoms with Gasteiger partial charge in [-0.3, -0.25) is 16.0 Å². The zero-order valence-electron chi connectivity index (χ0n) is 11.5. The molecule has 1 aromatic heterocycles. The largest absolute Gasteiger partial charge is 0.271 e. The summed E-state index contributed by atoms with van der Waals surface area (Å²) in [7, 11) is 0. The molecule has 108 valence electrons. The molecule has 0 aliphatic rings. The molecule has 1 aromatic carbocycles. The van der Waals surface area contributed by atoms with E-state index in [1.165, 1.54) is 6.07 Å². The fraction of sp³-hybridized carbons (Fsp3) is 0.357. The number of halogens is 2. The van der Waals surface area contributed by atoms with Crippen LogP contribution in [0.5, 0.6) is 0 Å². The predicted molar refractivity (Wildman–Crippen MR) is 77.8 cm³/mol. The minimum absolute atomic E-state index is 0.125. The summed E-state index contributed by atoms with van der Waals surface area (Å²) in [5.41, 5.74) is 5.53. The Morgan fingerprint density at radius 2 is 2.20 bits per heavy atom. The van der Waals surface area contributed by atoms with E-state index in [1.807, 2.05) is 24.6 Å². The van der Waals surface area contributed by atoms with Crippen LogP contribution in [-0.4, -0.2) is 9.78 Å². The number of rotatable bonds is 5. The number of aromatic nitrogens is 2. The van der Waals surface area contributed by atoms with Crippen molar-refractivity contribution in [1.29, 1.82) is 0 Å². The molecule has 0 aliphatic carbocycles.